The molecule has 0 N–H and O–H groups in total. The molecule has 0 bridgehead atoms. The molecule has 0 heterocycles. The van der Waals surface area contributed by atoms with Crippen molar-refractivity contribution in [3.63, 3.8) is 0 Å². The molecule has 0 unspecified atom stereocenters. The van der Waals surface area contributed by atoms with Gasteiger partial charge >= 0.3 is 0 Å². The lowest BCUT2D eigenvalue weighted by Gasteiger charge is -2.18. The van der Waals surface area contributed by atoms with Gasteiger partial charge in [0.25, 0.3) is 0 Å². The molecule has 1 aromatic carbocycles. The number of benzene rings is 1. The molecule has 1 rings (SSSR count). The summed E-state index contributed by atoms with van der Waals surface area (Å²) in [5.74, 6) is 0. The van der Waals surface area contributed by atoms with Crippen molar-refractivity contribution in [2.24, 2.45) is 0 Å². The van der Waals surface area contributed by atoms with E-state index in [1.165, 1.54) is 11.3 Å². The summed E-state index contributed by atoms with van der Waals surface area (Å²) in [7, 11) is 2.09. The molecule has 0 aromatic heterocycles. The second-order valence-electron chi connectivity index (χ2n) is 2.78. The standard InChI is InChI=1S/C11H15N/c1-4-10-8-6-7-9-11(10)12(3)5-2/h4,6-9H,1,5H2,2-3H3. The maximum atomic E-state index is 3.78. The summed E-state index contributed by atoms with van der Waals surface area (Å²) in [6.07, 6.45) is 1.89. The third kappa shape index (κ3) is 1.67. The zero-order valence-electron chi connectivity index (χ0n) is 7.75. The number of anilines is 1. The van der Waals surface area contributed by atoms with Gasteiger partial charge in [0, 0.05) is 19.3 Å². The van der Waals surface area contributed by atoms with Crippen LogP contribution in [0.15, 0.2) is 30.8 Å². The number of hydrogen-bond donors (Lipinski definition) is 0. The van der Waals surface area contributed by atoms with Gasteiger partial charge < -0.3 is 4.90 Å². The summed E-state index contributed by atoms with van der Waals surface area (Å²) in [6.45, 7) is 6.94. The van der Waals surface area contributed by atoms with Crippen LogP contribution in [0.4, 0.5) is 5.69 Å². The molecule has 0 spiro atoms. The van der Waals surface area contributed by atoms with E-state index in [9.17, 15) is 0 Å². The summed E-state index contributed by atoms with van der Waals surface area (Å²) in [6, 6.07) is 8.27. The van der Waals surface area contributed by atoms with Crippen LogP contribution in [0.1, 0.15) is 12.5 Å². The lowest BCUT2D eigenvalue weighted by molar-refractivity contribution is 0.966. The van der Waals surface area contributed by atoms with E-state index in [4.69, 9.17) is 0 Å². The molecule has 0 atom stereocenters. The molecule has 64 valence electrons. The second kappa shape index (κ2) is 3.96. The Hall–Kier alpha value is -1.24. The minimum Gasteiger partial charge on any atom is -0.374 e. The fourth-order valence-corrected chi connectivity index (χ4v) is 1.18. The normalized spacial score (nSPS) is 9.50. The Labute approximate surface area is 74.3 Å². The van der Waals surface area contributed by atoms with Crippen LogP contribution in [0.3, 0.4) is 0 Å². The van der Waals surface area contributed by atoms with Gasteiger partial charge in [0.15, 0.2) is 0 Å². The van der Waals surface area contributed by atoms with E-state index in [0.29, 0.717) is 0 Å². The van der Waals surface area contributed by atoms with Gasteiger partial charge in [0.05, 0.1) is 0 Å². The molecule has 0 aliphatic heterocycles. The average Bonchev–Trinajstić information content (AvgIpc) is 2.16. The van der Waals surface area contributed by atoms with Crippen LogP contribution in [-0.2, 0) is 0 Å². The highest BCUT2D eigenvalue weighted by Crippen LogP contribution is 2.19. The van der Waals surface area contributed by atoms with Gasteiger partial charge in [-0.25, -0.2) is 0 Å². The monoisotopic (exact) mass is 161 g/mol. The van der Waals surface area contributed by atoms with Crippen molar-refractivity contribution in [1.29, 1.82) is 0 Å². The molecule has 0 aliphatic rings. The van der Waals surface area contributed by atoms with Gasteiger partial charge in [-0.1, -0.05) is 30.9 Å². The van der Waals surface area contributed by atoms with E-state index in [-0.39, 0.29) is 0 Å². The molecular formula is C11H15N. The smallest absolute Gasteiger partial charge is 0.0436 e. The van der Waals surface area contributed by atoms with Crippen molar-refractivity contribution >= 4 is 11.8 Å². The predicted octanol–water partition coefficient (Wildman–Crippen LogP) is 2.79. The summed E-state index contributed by atoms with van der Waals surface area (Å²) in [5.41, 5.74) is 2.44. The quantitative estimate of drug-likeness (QED) is 0.659. The third-order valence-electron chi connectivity index (χ3n) is 2.04. The van der Waals surface area contributed by atoms with Crippen molar-refractivity contribution in [2.75, 3.05) is 18.5 Å². The first-order chi connectivity index (χ1) is 5.79. The van der Waals surface area contributed by atoms with Crippen molar-refractivity contribution < 1.29 is 0 Å². The molecule has 12 heavy (non-hydrogen) atoms. The molecule has 0 amide bonds. The van der Waals surface area contributed by atoms with Crippen LogP contribution in [0, 0.1) is 0 Å². The lowest BCUT2D eigenvalue weighted by Crippen LogP contribution is -2.16. The fraction of sp³-hybridized carbons (Fsp3) is 0.273. The van der Waals surface area contributed by atoms with E-state index in [1.54, 1.807) is 0 Å². The summed E-state index contributed by atoms with van der Waals surface area (Å²) in [4.78, 5) is 2.21. The summed E-state index contributed by atoms with van der Waals surface area (Å²) >= 11 is 0. The SMILES string of the molecule is C=Cc1ccccc1N(C)CC. The van der Waals surface area contributed by atoms with Gasteiger partial charge in [0.2, 0.25) is 0 Å². The maximum Gasteiger partial charge on any atom is 0.0436 e. The summed E-state index contributed by atoms with van der Waals surface area (Å²) < 4.78 is 0. The van der Waals surface area contributed by atoms with E-state index in [2.05, 4.69) is 43.6 Å². The van der Waals surface area contributed by atoms with Gasteiger partial charge in [-0.15, -0.1) is 0 Å². The second-order valence-corrected chi connectivity index (χ2v) is 2.78. The van der Waals surface area contributed by atoms with Crippen LogP contribution in [0.2, 0.25) is 0 Å². The molecular weight excluding hydrogens is 146 g/mol. The predicted molar refractivity (Wildman–Crippen MR) is 55.5 cm³/mol. The Balaban J connectivity index is 3.04. The highest BCUT2D eigenvalue weighted by Gasteiger charge is 2.00. The van der Waals surface area contributed by atoms with Crippen LogP contribution >= 0.6 is 0 Å². The van der Waals surface area contributed by atoms with E-state index in [1.807, 2.05) is 12.1 Å². The van der Waals surface area contributed by atoms with Gasteiger partial charge in [0.1, 0.15) is 0 Å². The molecule has 1 nitrogen and oxygen atoms in total. The zero-order valence-corrected chi connectivity index (χ0v) is 7.75. The minimum absolute atomic E-state index is 1.02. The van der Waals surface area contributed by atoms with Crippen LogP contribution < -0.4 is 4.90 Å². The first-order valence-corrected chi connectivity index (χ1v) is 4.22. The fourth-order valence-electron chi connectivity index (χ4n) is 1.18. The Bertz CT molecular complexity index is 265. The molecule has 0 saturated carbocycles. The highest BCUT2D eigenvalue weighted by atomic mass is 15.1. The third-order valence-corrected chi connectivity index (χ3v) is 2.04. The Morgan fingerprint density at radius 3 is 2.67 bits per heavy atom. The van der Waals surface area contributed by atoms with Crippen molar-refractivity contribution in [1.82, 2.24) is 0 Å². The number of rotatable bonds is 3. The molecule has 0 fully saturated rings. The van der Waals surface area contributed by atoms with Gasteiger partial charge in [-0.05, 0) is 18.6 Å². The minimum atomic E-state index is 1.02. The number of nitrogens with zero attached hydrogens (tertiary/aromatic N) is 1. The largest absolute Gasteiger partial charge is 0.374 e. The van der Waals surface area contributed by atoms with Crippen molar-refractivity contribution in [2.45, 2.75) is 6.92 Å². The van der Waals surface area contributed by atoms with E-state index >= 15 is 0 Å². The number of hydrogen-bond acceptors (Lipinski definition) is 1. The van der Waals surface area contributed by atoms with Crippen LogP contribution in [0.25, 0.3) is 6.08 Å². The first-order valence-electron chi connectivity index (χ1n) is 4.22. The van der Waals surface area contributed by atoms with E-state index in [0.717, 1.165) is 6.54 Å². The zero-order chi connectivity index (χ0) is 8.97. The molecule has 1 heteroatoms. The van der Waals surface area contributed by atoms with Crippen molar-refractivity contribution in [3.05, 3.63) is 36.4 Å². The van der Waals surface area contributed by atoms with Crippen LogP contribution in [-0.4, -0.2) is 13.6 Å². The molecule has 0 radical (unpaired) electrons. The lowest BCUT2D eigenvalue weighted by atomic mass is 10.1. The van der Waals surface area contributed by atoms with E-state index < -0.39 is 0 Å². The Kier molecular flexibility index (Phi) is 2.92. The highest BCUT2D eigenvalue weighted by molar-refractivity contribution is 5.66. The summed E-state index contributed by atoms with van der Waals surface area (Å²) in [5, 5.41) is 0. The topological polar surface area (TPSA) is 3.24 Å². The first kappa shape index (κ1) is 8.85. The van der Waals surface area contributed by atoms with Crippen molar-refractivity contribution in [3.8, 4) is 0 Å². The maximum absolute atomic E-state index is 3.78. The molecule has 0 saturated heterocycles. The molecule has 0 aliphatic carbocycles. The number of para-hydroxylation sites is 1. The van der Waals surface area contributed by atoms with Crippen LogP contribution in [0.5, 0.6) is 0 Å². The van der Waals surface area contributed by atoms with Gasteiger partial charge in [-0.2, -0.15) is 0 Å². The Morgan fingerprint density at radius 1 is 1.42 bits per heavy atom. The van der Waals surface area contributed by atoms with Gasteiger partial charge in [-0.3, -0.25) is 0 Å². The molecule has 1 aromatic rings. The Morgan fingerprint density at radius 2 is 2.08 bits per heavy atom. The average molecular weight is 161 g/mol.